The maximum atomic E-state index is 11.9. The molecular weight excluding hydrogens is 280 g/mol. The van der Waals surface area contributed by atoms with Gasteiger partial charge in [-0.1, -0.05) is 30.9 Å². The molecule has 3 N–H and O–H groups in total. The molecule has 0 radical (unpaired) electrons. The highest BCUT2D eigenvalue weighted by atomic mass is 35.5. The zero-order chi connectivity index (χ0) is 14.5. The van der Waals surface area contributed by atoms with Crippen LogP contribution in [0.15, 0.2) is 18.2 Å². The monoisotopic (exact) mass is 296 g/mol. The number of carbonyl (C=O) groups is 2. The Balaban J connectivity index is 1.91. The van der Waals surface area contributed by atoms with E-state index in [9.17, 15) is 14.7 Å². The van der Waals surface area contributed by atoms with E-state index in [4.69, 9.17) is 11.6 Å². The second-order valence-corrected chi connectivity index (χ2v) is 5.38. The fourth-order valence-corrected chi connectivity index (χ4v) is 2.51. The molecule has 1 saturated carbocycles. The van der Waals surface area contributed by atoms with E-state index in [1.807, 2.05) is 0 Å². The number of hydrazine groups is 1. The fraction of sp³-hybridized carbons (Fsp3) is 0.429. The summed E-state index contributed by atoms with van der Waals surface area (Å²) in [5, 5.41) is 9.93. The van der Waals surface area contributed by atoms with Crippen LogP contribution in [0.1, 0.15) is 42.5 Å². The van der Waals surface area contributed by atoms with Crippen LogP contribution in [0.4, 0.5) is 0 Å². The van der Waals surface area contributed by atoms with Crippen molar-refractivity contribution in [1.29, 1.82) is 0 Å². The van der Waals surface area contributed by atoms with Crippen molar-refractivity contribution in [3.05, 3.63) is 28.8 Å². The first kappa shape index (κ1) is 14.7. The van der Waals surface area contributed by atoms with E-state index in [2.05, 4.69) is 10.9 Å². The molecule has 0 aliphatic heterocycles. The number of amides is 2. The van der Waals surface area contributed by atoms with E-state index in [0.29, 0.717) is 5.02 Å². The molecule has 0 spiro atoms. The molecular formula is C14H17ClN2O3. The smallest absolute Gasteiger partial charge is 0.273 e. The van der Waals surface area contributed by atoms with Crippen molar-refractivity contribution in [3.8, 4) is 5.75 Å². The number of hydrogen-bond donors (Lipinski definition) is 3. The van der Waals surface area contributed by atoms with Crippen LogP contribution in [0.25, 0.3) is 0 Å². The molecule has 0 unspecified atom stereocenters. The summed E-state index contributed by atoms with van der Waals surface area (Å²) < 4.78 is 0. The van der Waals surface area contributed by atoms with Crippen molar-refractivity contribution in [2.24, 2.45) is 5.92 Å². The molecule has 5 nitrogen and oxygen atoms in total. The van der Waals surface area contributed by atoms with Crippen LogP contribution in [0, 0.1) is 5.92 Å². The Labute approximate surface area is 122 Å². The van der Waals surface area contributed by atoms with Gasteiger partial charge in [0.1, 0.15) is 5.75 Å². The number of benzene rings is 1. The van der Waals surface area contributed by atoms with Gasteiger partial charge in [-0.25, -0.2) is 0 Å². The van der Waals surface area contributed by atoms with Crippen molar-refractivity contribution in [1.82, 2.24) is 10.9 Å². The summed E-state index contributed by atoms with van der Waals surface area (Å²) in [6.07, 6.45) is 4.95. The first-order chi connectivity index (χ1) is 9.58. The van der Waals surface area contributed by atoms with Crippen molar-refractivity contribution < 1.29 is 14.7 Å². The Morgan fingerprint density at radius 1 is 1.15 bits per heavy atom. The van der Waals surface area contributed by atoms with E-state index >= 15 is 0 Å². The van der Waals surface area contributed by atoms with Crippen LogP contribution in [0.3, 0.4) is 0 Å². The van der Waals surface area contributed by atoms with E-state index in [1.54, 1.807) is 0 Å². The molecule has 0 atom stereocenters. The minimum Gasteiger partial charge on any atom is -0.507 e. The summed E-state index contributed by atoms with van der Waals surface area (Å²) in [4.78, 5) is 23.7. The molecule has 2 amide bonds. The molecule has 1 aromatic rings. The number of phenols is 1. The minimum absolute atomic E-state index is 0.0291. The largest absolute Gasteiger partial charge is 0.507 e. The Hall–Kier alpha value is -1.75. The third-order valence-electron chi connectivity index (χ3n) is 3.48. The van der Waals surface area contributed by atoms with Gasteiger partial charge < -0.3 is 5.11 Å². The number of carbonyl (C=O) groups excluding carboxylic acids is 2. The number of halogens is 1. The molecule has 0 bridgehead atoms. The lowest BCUT2D eigenvalue weighted by Gasteiger charge is -2.20. The summed E-state index contributed by atoms with van der Waals surface area (Å²) in [6, 6.07) is 4.16. The third-order valence-corrected chi connectivity index (χ3v) is 3.71. The van der Waals surface area contributed by atoms with Gasteiger partial charge in [-0.15, -0.1) is 0 Å². The second kappa shape index (κ2) is 6.61. The van der Waals surface area contributed by atoms with Gasteiger partial charge >= 0.3 is 0 Å². The van der Waals surface area contributed by atoms with E-state index in [1.165, 1.54) is 18.2 Å². The minimum atomic E-state index is -0.589. The van der Waals surface area contributed by atoms with Gasteiger partial charge in [0, 0.05) is 10.9 Å². The van der Waals surface area contributed by atoms with Gasteiger partial charge in [0.2, 0.25) is 5.91 Å². The van der Waals surface area contributed by atoms with E-state index < -0.39 is 5.91 Å². The number of nitrogens with one attached hydrogen (secondary N) is 2. The van der Waals surface area contributed by atoms with E-state index in [0.717, 1.165) is 32.1 Å². The molecule has 6 heteroatoms. The van der Waals surface area contributed by atoms with Crippen LogP contribution >= 0.6 is 11.6 Å². The molecule has 1 aliphatic carbocycles. The zero-order valence-corrected chi connectivity index (χ0v) is 11.7. The predicted octanol–water partition coefficient (Wildman–Crippen LogP) is 2.39. The van der Waals surface area contributed by atoms with Crippen LogP contribution in [0.2, 0.25) is 5.02 Å². The van der Waals surface area contributed by atoms with Gasteiger partial charge in [0.15, 0.2) is 0 Å². The molecule has 0 heterocycles. The van der Waals surface area contributed by atoms with Gasteiger partial charge in [-0.05, 0) is 31.0 Å². The Morgan fingerprint density at radius 2 is 1.85 bits per heavy atom. The summed E-state index contributed by atoms with van der Waals surface area (Å²) in [6.45, 7) is 0. The first-order valence-corrected chi connectivity index (χ1v) is 7.04. The van der Waals surface area contributed by atoms with Crippen LogP contribution in [-0.2, 0) is 4.79 Å². The first-order valence-electron chi connectivity index (χ1n) is 6.66. The highest BCUT2D eigenvalue weighted by Gasteiger charge is 2.21. The molecule has 0 aromatic heterocycles. The SMILES string of the molecule is O=C(NNC(=O)C1CCCCC1)c1cc(Cl)ccc1O. The normalized spacial score (nSPS) is 15.7. The molecule has 1 fully saturated rings. The molecule has 108 valence electrons. The number of phenolic OH excluding ortho intramolecular Hbond substituents is 1. The number of rotatable bonds is 2. The molecule has 1 aromatic carbocycles. The van der Waals surface area contributed by atoms with E-state index in [-0.39, 0.29) is 23.1 Å². The lowest BCUT2D eigenvalue weighted by molar-refractivity contribution is -0.126. The summed E-state index contributed by atoms with van der Waals surface area (Å²) >= 11 is 5.77. The summed E-state index contributed by atoms with van der Waals surface area (Å²) in [7, 11) is 0. The van der Waals surface area contributed by atoms with Crippen molar-refractivity contribution in [2.45, 2.75) is 32.1 Å². The van der Waals surface area contributed by atoms with Crippen molar-refractivity contribution in [2.75, 3.05) is 0 Å². The summed E-state index contributed by atoms with van der Waals surface area (Å²) in [5.41, 5.74) is 4.74. The number of aromatic hydroxyl groups is 1. The van der Waals surface area contributed by atoms with Crippen LogP contribution < -0.4 is 10.9 Å². The predicted molar refractivity (Wildman–Crippen MR) is 75.3 cm³/mol. The Bertz CT molecular complexity index is 513. The van der Waals surface area contributed by atoms with Crippen LogP contribution in [-0.4, -0.2) is 16.9 Å². The average molecular weight is 297 g/mol. The molecule has 1 aliphatic rings. The van der Waals surface area contributed by atoms with Gasteiger partial charge in [0.05, 0.1) is 5.56 Å². The standard InChI is InChI=1S/C14H17ClN2O3/c15-10-6-7-12(18)11(8-10)14(20)17-16-13(19)9-4-2-1-3-5-9/h6-9,18H,1-5H2,(H,16,19)(H,17,20). The highest BCUT2D eigenvalue weighted by Crippen LogP contribution is 2.23. The quantitative estimate of drug-likeness (QED) is 0.733. The Morgan fingerprint density at radius 3 is 2.55 bits per heavy atom. The Kier molecular flexibility index (Phi) is 4.84. The van der Waals surface area contributed by atoms with Crippen LogP contribution in [0.5, 0.6) is 5.75 Å². The maximum absolute atomic E-state index is 11.9. The number of hydrogen-bond acceptors (Lipinski definition) is 3. The molecule has 2 rings (SSSR count). The van der Waals surface area contributed by atoms with Gasteiger partial charge in [-0.3, -0.25) is 20.4 Å². The third kappa shape index (κ3) is 3.63. The second-order valence-electron chi connectivity index (χ2n) is 4.94. The van der Waals surface area contributed by atoms with Gasteiger partial charge in [-0.2, -0.15) is 0 Å². The summed E-state index contributed by atoms with van der Waals surface area (Å²) in [5.74, 6) is -0.996. The molecule has 0 saturated heterocycles. The lowest BCUT2D eigenvalue weighted by atomic mass is 9.89. The van der Waals surface area contributed by atoms with Crippen molar-refractivity contribution >= 4 is 23.4 Å². The lowest BCUT2D eigenvalue weighted by Crippen LogP contribution is -2.45. The zero-order valence-electron chi connectivity index (χ0n) is 11.0. The maximum Gasteiger partial charge on any atom is 0.273 e. The highest BCUT2D eigenvalue weighted by molar-refractivity contribution is 6.31. The molecule has 20 heavy (non-hydrogen) atoms. The fourth-order valence-electron chi connectivity index (χ4n) is 2.34. The topological polar surface area (TPSA) is 78.4 Å². The van der Waals surface area contributed by atoms with Crippen molar-refractivity contribution in [3.63, 3.8) is 0 Å². The van der Waals surface area contributed by atoms with Gasteiger partial charge in [0.25, 0.3) is 5.91 Å². The average Bonchev–Trinajstić information content (AvgIpc) is 2.47.